The number of piperazine rings is 1. The summed E-state index contributed by atoms with van der Waals surface area (Å²) in [4.78, 5) is 13.8. The molecule has 216 valence electrons. The minimum atomic E-state index is -0.876. The van der Waals surface area contributed by atoms with Crippen molar-refractivity contribution in [3.8, 4) is 23.2 Å². The summed E-state index contributed by atoms with van der Waals surface area (Å²) >= 11 is 8.31. The van der Waals surface area contributed by atoms with Crippen LogP contribution < -0.4 is 15.0 Å². The summed E-state index contributed by atoms with van der Waals surface area (Å²) in [6, 6.07) is 10.3. The van der Waals surface area contributed by atoms with E-state index in [-0.39, 0.29) is 34.3 Å². The molecule has 4 saturated heterocycles. The Balaban J connectivity index is 1.27. The van der Waals surface area contributed by atoms with E-state index in [9.17, 15) is 9.65 Å². The van der Waals surface area contributed by atoms with E-state index < -0.39 is 12.0 Å². The Morgan fingerprint density at radius 2 is 2.05 bits per heavy atom. The van der Waals surface area contributed by atoms with E-state index >= 15 is 4.39 Å². The zero-order chi connectivity index (χ0) is 28.6. The lowest BCUT2D eigenvalue weighted by molar-refractivity contribution is 0.107. The molecule has 11 heteroatoms. The second-order valence-corrected chi connectivity index (χ2v) is 13.4. The molecular weight excluding hydrogens is 578 g/mol. The summed E-state index contributed by atoms with van der Waals surface area (Å²) in [6.07, 6.45) is 3.57. The fourth-order valence-electron chi connectivity index (χ4n) is 7.71. The number of aromatic nitrogens is 2. The molecule has 0 radical (unpaired) electrons. The molecule has 2 aromatic carbocycles. The number of nitriles is 1. The van der Waals surface area contributed by atoms with E-state index in [1.165, 1.54) is 11.3 Å². The Bertz CT molecular complexity index is 1760. The highest BCUT2D eigenvalue weighted by molar-refractivity contribution is 7.17. The van der Waals surface area contributed by atoms with Crippen LogP contribution in [-0.4, -0.2) is 71.4 Å². The van der Waals surface area contributed by atoms with Gasteiger partial charge in [-0.15, -0.1) is 11.3 Å². The largest absolute Gasteiger partial charge is 0.461 e. The van der Waals surface area contributed by atoms with Crippen LogP contribution in [0.2, 0.25) is 5.02 Å². The van der Waals surface area contributed by atoms with Gasteiger partial charge in [-0.05, 0) is 49.9 Å². The Morgan fingerprint density at radius 1 is 1.21 bits per heavy atom. The first-order chi connectivity index (χ1) is 20.4. The predicted octanol–water partition coefficient (Wildman–Crippen LogP) is 6.07. The van der Waals surface area contributed by atoms with Gasteiger partial charge in [0.25, 0.3) is 0 Å². The highest BCUT2D eigenvalue weighted by atomic mass is 35.5. The van der Waals surface area contributed by atoms with Gasteiger partial charge in [0.2, 0.25) is 0 Å². The lowest BCUT2D eigenvalue weighted by atomic mass is 9.95. The van der Waals surface area contributed by atoms with E-state index in [0.717, 1.165) is 50.0 Å². The second kappa shape index (κ2) is 9.98. The molecule has 6 heterocycles. The van der Waals surface area contributed by atoms with Gasteiger partial charge in [-0.25, -0.2) is 8.78 Å². The Hall–Kier alpha value is -3.10. The average Bonchev–Trinajstić information content (AvgIpc) is 3.73. The monoisotopic (exact) mass is 606 g/mol. The van der Waals surface area contributed by atoms with Crippen molar-refractivity contribution < 1.29 is 13.5 Å². The summed E-state index contributed by atoms with van der Waals surface area (Å²) < 4.78 is 38.4. The SMILES string of the molecule is N#Cc1csc2cccc(-c3c(Cl)cc4c(N5CC6CCC(C5)N6)nc(OC[C@@]56CCCN5C[C@H](F)C6)nc4c3F)c12. The minimum absolute atomic E-state index is 0.0885. The standard InChI is InChI=1S/C31H29ClF2N6OS/c32-23-9-22-28(27(34)26(23)21-3-1-4-24-25(21)17(11-35)15-42-24)37-30(38-29(22)39-13-19-5-6-20(14-39)36-19)41-16-31-7-2-8-40(31)12-18(33)10-31/h1,3-4,9,15,18-20,36H,2,5-8,10,12-14,16H2/t18-,19?,20?,31+/m1/s1. The molecule has 2 unspecified atom stereocenters. The van der Waals surface area contributed by atoms with Crippen LogP contribution in [0, 0.1) is 17.1 Å². The second-order valence-electron chi connectivity index (χ2n) is 12.1. The molecule has 0 amide bonds. The van der Waals surface area contributed by atoms with E-state index in [4.69, 9.17) is 21.3 Å². The molecule has 4 aliphatic heterocycles. The van der Waals surface area contributed by atoms with Gasteiger partial charge in [-0.1, -0.05) is 23.7 Å². The lowest BCUT2D eigenvalue weighted by Gasteiger charge is -2.34. The molecule has 4 aliphatic rings. The third-order valence-electron chi connectivity index (χ3n) is 9.58. The summed E-state index contributed by atoms with van der Waals surface area (Å²) in [5.74, 6) is 0.0276. The molecule has 4 fully saturated rings. The van der Waals surface area contributed by atoms with Gasteiger partial charge in [-0.2, -0.15) is 15.2 Å². The smallest absolute Gasteiger partial charge is 0.319 e. The highest BCUT2D eigenvalue weighted by Gasteiger charge is 2.49. The number of nitrogens with one attached hydrogen (secondary N) is 1. The fourth-order valence-corrected chi connectivity index (χ4v) is 8.91. The molecule has 0 saturated carbocycles. The number of ether oxygens (including phenoxy) is 1. The van der Waals surface area contributed by atoms with Crippen molar-refractivity contribution in [1.82, 2.24) is 20.2 Å². The maximum atomic E-state index is 16.8. The van der Waals surface area contributed by atoms with Gasteiger partial charge in [0, 0.05) is 64.6 Å². The van der Waals surface area contributed by atoms with Crippen LogP contribution in [-0.2, 0) is 0 Å². The third kappa shape index (κ3) is 4.16. The van der Waals surface area contributed by atoms with Crippen LogP contribution in [0.3, 0.4) is 0 Å². The molecular formula is C31H29ClF2N6OS. The Labute approximate surface area is 251 Å². The highest BCUT2D eigenvalue weighted by Crippen LogP contribution is 2.44. The van der Waals surface area contributed by atoms with Crippen LogP contribution in [0.25, 0.3) is 32.1 Å². The number of fused-ring (bicyclic) bond motifs is 5. The molecule has 4 aromatic rings. The third-order valence-corrected chi connectivity index (χ3v) is 10.8. The van der Waals surface area contributed by atoms with Crippen LogP contribution in [0.4, 0.5) is 14.6 Å². The lowest BCUT2D eigenvalue weighted by Crippen LogP contribution is -2.51. The predicted molar refractivity (Wildman–Crippen MR) is 161 cm³/mol. The quantitative estimate of drug-likeness (QED) is 0.295. The van der Waals surface area contributed by atoms with Crippen molar-refractivity contribution in [1.29, 1.82) is 5.26 Å². The van der Waals surface area contributed by atoms with Crippen molar-refractivity contribution in [2.45, 2.75) is 55.9 Å². The number of halogens is 3. The molecule has 0 aliphatic carbocycles. The number of nitrogens with zero attached hydrogens (tertiary/aromatic N) is 5. The van der Waals surface area contributed by atoms with Gasteiger partial charge in [-0.3, -0.25) is 4.90 Å². The molecule has 8 rings (SSSR count). The molecule has 2 bridgehead atoms. The van der Waals surface area contributed by atoms with E-state index in [0.29, 0.717) is 52.8 Å². The number of hydrogen-bond acceptors (Lipinski definition) is 8. The van der Waals surface area contributed by atoms with Gasteiger partial charge < -0.3 is 15.0 Å². The minimum Gasteiger partial charge on any atom is -0.461 e. The maximum Gasteiger partial charge on any atom is 0.319 e. The molecule has 0 spiro atoms. The summed E-state index contributed by atoms with van der Waals surface area (Å²) in [5, 5.41) is 16.6. The summed E-state index contributed by atoms with van der Waals surface area (Å²) in [5.41, 5.74) is 0.989. The van der Waals surface area contributed by atoms with Crippen molar-refractivity contribution in [3.63, 3.8) is 0 Å². The number of rotatable bonds is 5. The Morgan fingerprint density at radius 3 is 2.86 bits per heavy atom. The summed E-state index contributed by atoms with van der Waals surface area (Å²) in [6.45, 7) is 3.01. The molecule has 7 nitrogen and oxygen atoms in total. The van der Waals surface area contributed by atoms with E-state index in [1.807, 2.05) is 12.1 Å². The van der Waals surface area contributed by atoms with Crippen molar-refractivity contribution in [2.75, 3.05) is 37.7 Å². The molecule has 42 heavy (non-hydrogen) atoms. The summed E-state index contributed by atoms with van der Waals surface area (Å²) in [7, 11) is 0. The van der Waals surface area contributed by atoms with E-state index in [1.54, 1.807) is 17.5 Å². The molecule has 4 atom stereocenters. The topological polar surface area (TPSA) is 77.3 Å². The van der Waals surface area contributed by atoms with Crippen LogP contribution in [0.1, 0.15) is 37.7 Å². The average molecular weight is 607 g/mol. The Kier molecular flexibility index (Phi) is 6.30. The van der Waals surface area contributed by atoms with Crippen LogP contribution in [0.5, 0.6) is 6.01 Å². The van der Waals surface area contributed by atoms with Gasteiger partial charge in [0.1, 0.15) is 30.2 Å². The van der Waals surface area contributed by atoms with Gasteiger partial charge in [0.15, 0.2) is 5.82 Å². The maximum absolute atomic E-state index is 16.8. The van der Waals surface area contributed by atoms with Crippen molar-refractivity contribution in [3.05, 3.63) is 46.0 Å². The number of thiophene rings is 1. The van der Waals surface area contributed by atoms with Crippen molar-refractivity contribution in [2.24, 2.45) is 0 Å². The fraction of sp³-hybridized carbons (Fsp3) is 0.452. The van der Waals surface area contributed by atoms with Gasteiger partial charge in [0.05, 0.1) is 16.1 Å². The van der Waals surface area contributed by atoms with E-state index in [2.05, 4.69) is 26.2 Å². The molecule has 1 N–H and O–H groups in total. The van der Waals surface area contributed by atoms with Crippen LogP contribution in [0.15, 0.2) is 29.6 Å². The first kappa shape index (κ1) is 26.5. The first-order valence-corrected chi connectivity index (χ1v) is 15.8. The number of hydrogen-bond donors (Lipinski definition) is 1. The molecule has 2 aromatic heterocycles. The van der Waals surface area contributed by atoms with Crippen molar-refractivity contribution >= 4 is 49.7 Å². The zero-order valence-corrected chi connectivity index (χ0v) is 24.4. The normalized spacial score (nSPS) is 27.2. The number of alkyl halides is 1. The number of anilines is 1. The van der Waals surface area contributed by atoms with Crippen LogP contribution >= 0.6 is 22.9 Å². The number of benzene rings is 2. The van der Waals surface area contributed by atoms with Gasteiger partial charge >= 0.3 is 6.01 Å². The zero-order valence-electron chi connectivity index (χ0n) is 22.9. The first-order valence-electron chi connectivity index (χ1n) is 14.6.